The molecular weight excluding hydrogens is 270 g/mol. The van der Waals surface area contributed by atoms with Gasteiger partial charge in [0.1, 0.15) is 0 Å². The molecule has 21 heavy (non-hydrogen) atoms. The molecule has 2 fully saturated rings. The highest BCUT2D eigenvalue weighted by Gasteiger charge is 2.31. The van der Waals surface area contributed by atoms with Gasteiger partial charge in [-0.2, -0.15) is 0 Å². The Balaban J connectivity index is 1.77. The van der Waals surface area contributed by atoms with Crippen molar-refractivity contribution < 1.29 is 9.72 Å². The molecule has 0 radical (unpaired) electrons. The fourth-order valence-electron chi connectivity index (χ4n) is 2.95. The predicted octanol–water partition coefficient (Wildman–Crippen LogP) is 2.08. The summed E-state index contributed by atoms with van der Waals surface area (Å²) in [6, 6.07) is 5.69. The van der Waals surface area contributed by atoms with Crippen LogP contribution in [0, 0.1) is 10.1 Å². The minimum absolute atomic E-state index is 0.0929. The van der Waals surface area contributed by atoms with Gasteiger partial charge in [-0.3, -0.25) is 19.8 Å². The highest BCUT2D eigenvalue weighted by atomic mass is 16.6. The van der Waals surface area contributed by atoms with E-state index in [-0.39, 0.29) is 17.0 Å². The van der Waals surface area contributed by atoms with E-state index in [0.717, 1.165) is 37.9 Å². The van der Waals surface area contributed by atoms with Crippen LogP contribution in [0.1, 0.15) is 30.1 Å². The summed E-state index contributed by atoms with van der Waals surface area (Å²) in [6.45, 7) is 5.14. The van der Waals surface area contributed by atoms with Crippen LogP contribution in [0.4, 0.5) is 11.4 Å². The third kappa shape index (κ3) is 2.90. The van der Waals surface area contributed by atoms with Gasteiger partial charge in [0, 0.05) is 44.0 Å². The predicted molar refractivity (Wildman–Crippen MR) is 79.9 cm³/mol. The number of nitro groups is 1. The summed E-state index contributed by atoms with van der Waals surface area (Å²) in [5.74, 6) is -0.271. The van der Waals surface area contributed by atoms with E-state index in [1.54, 1.807) is 6.07 Å². The summed E-state index contributed by atoms with van der Waals surface area (Å²) in [5.41, 5.74) is 0.923. The molecule has 0 spiro atoms. The molecule has 112 valence electrons. The zero-order valence-corrected chi connectivity index (χ0v) is 12.1. The molecular formula is C15H19N3O3. The van der Waals surface area contributed by atoms with Gasteiger partial charge in [-0.05, 0) is 31.9 Å². The zero-order valence-electron chi connectivity index (χ0n) is 12.1. The molecule has 1 saturated heterocycles. The molecule has 1 saturated carbocycles. The first kappa shape index (κ1) is 14.0. The average molecular weight is 289 g/mol. The second kappa shape index (κ2) is 5.44. The lowest BCUT2D eigenvalue weighted by molar-refractivity contribution is -0.385. The Morgan fingerprint density at radius 2 is 1.90 bits per heavy atom. The SMILES string of the molecule is CC(=O)c1ccc(N2CCN(C3CC3)CC2)cc1[N+](=O)[O-]. The van der Waals surface area contributed by atoms with E-state index in [0.29, 0.717) is 0 Å². The minimum Gasteiger partial charge on any atom is -0.369 e. The van der Waals surface area contributed by atoms with E-state index in [1.165, 1.54) is 25.8 Å². The smallest absolute Gasteiger partial charge is 0.282 e. The number of carbonyl (C=O) groups is 1. The van der Waals surface area contributed by atoms with Gasteiger partial charge in [0.2, 0.25) is 0 Å². The molecule has 0 unspecified atom stereocenters. The van der Waals surface area contributed by atoms with Crippen LogP contribution in [0.3, 0.4) is 0 Å². The van der Waals surface area contributed by atoms with Gasteiger partial charge in [-0.1, -0.05) is 0 Å². The summed E-state index contributed by atoms with van der Waals surface area (Å²) in [5, 5.41) is 11.1. The minimum atomic E-state index is -0.472. The maximum Gasteiger partial charge on any atom is 0.282 e. The van der Waals surface area contributed by atoms with Crippen molar-refractivity contribution in [2.24, 2.45) is 0 Å². The Hall–Kier alpha value is -1.95. The molecule has 3 rings (SSSR count). The summed E-state index contributed by atoms with van der Waals surface area (Å²) in [4.78, 5) is 26.8. The molecule has 6 nitrogen and oxygen atoms in total. The average Bonchev–Trinajstić information content (AvgIpc) is 3.31. The summed E-state index contributed by atoms with van der Waals surface area (Å²) in [6.07, 6.45) is 2.61. The van der Waals surface area contributed by atoms with Crippen LogP contribution in [0.5, 0.6) is 0 Å². The number of piperazine rings is 1. The van der Waals surface area contributed by atoms with Gasteiger partial charge in [0.15, 0.2) is 5.78 Å². The summed E-state index contributed by atoms with van der Waals surface area (Å²) in [7, 11) is 0. The number of carbonyl (C=O) groups excluding carboxylic acids is 1. The molecule has 0 N–H and O–H groups in total. The number of nitro benzene ring substituents is 1. The molecule has 0 bridgehead atoms. The van der Waals surface area contributed by atoms with Crippen LogP contribution >= 0.6 is 0 Å². The fourth-order valence-corrected chi connectivity index (χ4v) is 2.95. The Kier molecular flexibility index (Phi) is 3.63. The fraction of sp³-hybridized carbons (Fsp3) is 0.533. The van der Waals surface area contributed by atoms with Crippen LogP contribution in [-0.4, -0.2) is 47.8 Å². The van der Waals surface area contributed by atoms with E-state index in [4.69, 9.17) is 0 Å². The van der Waals surface area contributed by atoms with Crippen molar-refractivity contribution in [3.63, 3.8) is 0 Å². The van der Waals surface area contributed by atoms with Crippen LogP contribution in [0.25, 0.3) is 0 Å². The number of benzene rings is 1. The maximum atomic E-state index is 11.5. The lowest BCUT2D eigenvalue weighted by Crippen LogP contribution is -2.47. The van der Waals surface area contributed by atoms with Gasteiger partial charge >= 0.3 is 0 Å². The first-order valence-corrected chi connectivity index (χ1v) is 7.34. The van der Waals surface area contributed by atoms with Crippen molar-refractivity contribution in [3.05, 3.63) is 33.9 Å². The molecule has 2 aliphatic rings. The third-order valence-electron chi connectivity index (χ3n) is 4.30. The maximum absolute atomic E-state index is 11.5. The highest BCUT2D eigenvalue weighted by Crippen LogP contribution is 2.30. The van der Waals surface area contributed by atoms with E-state index in [2.05, 4.69) is 9.80 Å². The first-order chi connectivity index (χ1) is 10.1. The third-order valence-corrected chi connectivity index (χ3v) is 4.30. The van der Waals surface area contributed by atoms with Crippen LogP contribution < -0.4 is 4.90 Å². The van der Waals surface area contributed by atoms with Crippen LogP contribution in [0.2, 0.25) is 0 Å². The standard InChI is InChI=1S/C15H19N3O3/c1-11(19)14-5-4-13(10-15(14)18(20)21)17-8-6-16(7-9-17)12-2-3-12/h4-5,10,12H,2-3,6-9H2,1H3. The van der Waals surface area contributed by atoms with Crippen molar-refractivity contribution in [2.45, 2.75) is 25.8 Å². The van der Waals surface area contributed by atoms with Gasteiger partial charge in [-0.25, -0.2) is 0 Å². The topological polar surface area (TPSA) is 66.7 Å². The molecule has 0 aromatic heterocycles. The molecule has 0 amide bonds. The number of ketones is 1. The Morgan fingerprint density at radius 1 is 1.24 bits per heavy atom. The zero-order chi connectivity index (χ0) is 15.0. The van der Waals surface area contributed by atoms with E-state index in [1.807, 2.05) is 6.07 Å². The second-order valence-electron chi connectivity index (χ2n) is 5.77. The number of nitrogens with zero attached hydrogens (tertiary/aromatic N) is 3. The van der Waals surface area contributed by atoms with E-state index < -0.39 is 4.92 Å². The van der Waals surface area contributed by atoms with Crippen molar-refractivity contribution in [3.8, 4) is 0 Å². The second-order valence-corrected chi connectivity index (χ2v) is 5.77. The van der Waals surface area contributed by atoms with Gasteiger partial charge in [0.25, 0.3) is 5.69 Å². The lowest BCUT2D eigenvalue weighted by atomic mass is 10.1. The quantitative estimate of drug-likeness (QED) is 0.482. The largest absolute Gasteiger partial charge is 0.369 e. The first-order valence-electron chi connectivity index (χ1n) is 7.34. The lowest BCUT2D eigenvalue weighted by Gasteiger charge is -2.36. The Morgan fingerprint density at radius 3 is 2.43 bits per heavy atom. The molecule has 1 aromatic carbocycles. The highest BCUT2D eigenvalue weighted by molar-refractivity contribution is 5.98. The van der Waals surface area contributed by atoms with Crippen LogP contribution in [0.15, 0.2) is 18.2 Å². The Bertz CT molecular complexity index is 576. The molecule has 6 heteroatoms. The summed E-state index contributed by atoms with van der Waals surface area (Å²) < 4.78 is 0. The number of hydrogen-bond donors (Lipinski definition) is 0. The van der Waals surface area contributed by atoms with E-state index in [9.17, 15) is 14.9 Å². The monoisotopic (exact) mass is 289 g/mol. The number of rotatable bonds is 4. The molecule has 1 aliphatic carbocycles. The van der Waals surface area contributed by atoms with Crippen LogP contribution in [-0.2, 0) is 0 Å². The van der Waals surface area contributed by atoms with Crippen molar-refractivity contribution in [1.29, 1.82) is 0 Å². The van der Waals surface area contributed by atoms with Crippen molar-refractivity contribution in [1.82, 2.24) is 4.90 Å². The van der Waals surface area contributed by atoms with Gasteiger partial charge < -0.3 is 4.90 Å². The molecule has 1 aliphatic heterocycles. The summed E-state index contributed by atoms with van der Waals surface area (Å²) >= 11 is 0. The van der Waals surface area contributed by atoms with Crippen molar-refractivity contribution in [2.75, 3.05) is 31.1 Å². The molecule has 1 heterocycles. The van der Waals surface area contributed by atoms with Gasteiger partial charge in [-0.15, -0.1) is 0 Å². The molecule has 1 aromatic rings. The van der Waals surface area contributed by atoms with Gasteiger partial charge in [0.05, 0.1) is 10.5 Å². The van der Waals surface area contributed by atoms with E-state index >= 15 is 0 Å². The van der Waals surface area contributed by atoms with Crippen molar-refractivity contribution >= 4 is 17.2 Å². The number of anilines is 1. The molecule has 0 atom stereocenters. The Labute approximate surface area is 123 Å². The normalized spacial score (nSPS) is 19.6. The number of hydrogen-bond acceptors (Lipinski definition) is 5. The number of Topliss-reactive ketones (excluding diaryl/α,β-unsaturated/α-hetero) is 1.